The van der Waals surface area contributed by atoms with E-state index in [1.54, 1.807) is 0 Å². The van der Waals surface area contributed by atoms with Gasteiger partial charge in [0.05, 0.1) is 0 Å². The summed E-state index contributed by atoms with van der Waals surface area (Å²) in [5, 5.41) is 0. The summed E-state index contributed by atoms with van der Waals surface area (Å²) in [5.74, 6) is -0.918. The molecule has 0 heterocycles. The molecule has 1 unspecified atom stereocenters. The number of ether oxygens (including phenoxy) is 3. The Kier molecular flexibility index (Phi) is 43.9. The van der Waals surface area contributed by atoms with E-state index in [1.807, 2.05) is 0 Å². The number of hydrogen-bond donors (Lipinski definition) is 0. The van der Waals surface area contributed by atoms with Crippen LogP contribution in [0.15, 0.2) is 48.6 Å². The Labute approximate surface area is 352 Å². The fourth-order valence-corrected chi connectivity index (χ4v) is 6.73. The highest BCUT2D eigenvalue weighted by atomic mass is 16.6. The van der Waals surface area contributed by atoms with Crippen LogP contribution in [0.5, 0.6) is 0 Å². The second kappa shape index (κ2) is 46.1. The summed E-state index contributed by atoms with van der Waals surface area (Å²) in [5.41, 5.74) is 0. The molecule has 330 valence electrons. The second-order valence-electron chi connectivity index (χ2n) is 16.1. The van der Waals surface area contributed by atoms with Gasteiger partial charge in [-0.2, -0.15) is 0 Å². The van der Waals surface area contributed by atoms with Gasteiger partial charge in [-0.3, -0.25) is 14.4 Å². The first-order valence-electron chi connectivity index (χ1n) is 24.2. The molecule has 0 aromatic rings. The maximum Gasteiger partial charge on any atom is 0.306 e. The van der Waals surface area contributed by atoms with Gasteiger partial charge in [0, 0.05) is 19.3 Å². The third-order valence-corrected chi connectivity index (χ3v) is 10.4. The molecular formula is C51H90O6. The smallest absolute Gasteiger partial charge is 0.306 e. The number of carbonyl (C=O) groups is 3. The highest BCUT2D eigenvalue weighted by molar-refractivity contribution is 5.71. The number of rotatable bonds is 43. The largest absolute Gasteiger partial charge is 0.462 e. The number of allylic oxidation sites excluding steroid dienone is 8. The average Bonchev–Trinajstić information content (AvgIpc) is 3.21. The van der Waals surface area contributed by atoms with Crippen LogP contribution in [0.2, 0.25) is 0 Å². The summed E-state index contributed by atoms with van der Waals surface area (Å²) in [6.45, 7) is 6.47. The van der Waals surface area contributed by atoms with Gasteiger partial charge in [-0.15, -0.1) is 0 Å². The van der Waals surface area contributed by atoms with Gasteiger partial charge in [-0.05, 0) is 64.2 Å². The van der Waals surface area contributed by atoms with Crippen molar-refractivity contribution in [3.8, 4) is 0 Å². The third-order valence-electron chi connectivity index (χ3n) is 10.4. The maximum atomic E-state index is 12.7. The van der Waals surface area contributed by atoms with Crippen LogP contribution in [0.4, 0.5) is 0 Å². The van der Waals surface area contributed by atoms with Crippen molar-refractivity contribution in [2.24, 2.45) is 0 Å². The van der Waals surface area contributed by atoms with Crippen LogP contribution >= 0.6 is 0 Å². The molecule has 0 bridgehead atoms. The third kappa shape index (κ3) is 44.3. The van der Waals surface area contributed by atoms with E-state index in [0.29, 0.717) is 19.3 Å². The summed E-state index contributed by atoms with van der Waals surface area (Å²) in [6, 6.07) is 0. The number of esters is 3. The van der Waals surface area contributed by atoms with Crippen LogP contribution in [-0.2, 0) is 28.6 Å². The maximum absolute atomic E-state index is 12.7. The van der Waals surface area contributed by atoms with Crippen LogP contribution in [0.1, 0.15) is 239 Å². The highest BCUT2D eigenvalue weighted by Gasteiger charge is 2.19. The van der Waals surface area contributed by atoms with Crippen LogP contribution < -0.4 is 0 Å². The van der Waals surface area contributed by atoms with Crippen molar-refractivity contribution in [2.45, 2.75) is 245 Å². The van der Waals surface area contributed by atoms with Crippen molar-refractivity contribution in [3.05, 3.63) is 48.6 Å². The molecule has 57 heavy (non-hydrogen) atoms. The number of hydrogen-bond acceptors (Lipinski definition) is 6. The summed E-state index contributed by atoms with van der Waals surface area (Å²) in [6.07, 6.45) is 53.8. The highest BCUT2D eigenvalue weighted by Crippen LogP contribution is 2.15. The molecule has 0 aliphatic heterocycles. The lowest BCUT2D eigenvalue weighted by atomic mass is 10.0. The van der Waals surface area contributed by atoms with Crippen molar-refractivity contribution in [2.75, 3.05) is 13.2 Å². The quantitative estimate of drug-likeness (QED) is 0.0201. The fraction of sp³-hybridized carbons (Fsp3) is 0.784. The van der Waals surface area contributed by atoms with Crippen molar-refractivity contribution < 1.29 is 28.6 Å². The Morgan fingerprint density at radius 1 is 0.368 bits per heavy atom. The molecule has 0 aliphatic carbocycles. The molecule has 0 saturated carbocycles. The number of carbonyl (C=O) groups excluding carboxylic acids is 3. The van der Waals surface area contributed by atoms with Crippen molar-refractivity contribution >= 4 is 17.9 Å². The average molecular weight is 799 g/mol. The van der Waals surface area contributed by atoms with Crippen molar-refractivity contribution in [1.29, 1.82) is 0 Å². The molecule has 0 amide bonds. The minimum Gasteiger partial charge on any atom is -0.462 e. The normalized spacial score (nSPS) is 12.4. The minimum absolute atomic E-state index is 0.0840. The Morgan fingerprint density at radius 2 is 0.702 bits per heavy atom. The predicted molar refractivity (Wildman–Crippen MR) is 242 cm³/mol. The molecule has 0 radical (unpaired) electrons. The molecule has 6 heteroatoms. The standard InChI is InChI=1S/C51H90O6/c1-4-7-10-13-16-19-22-25-28-31-34-37-40-43-49(52)55-46-48(57-51(54)45-42-39-36-33-30-27-24-21-18-15-12-9-6-3)47-56-50(53)44-41-38-35-32-29-26-23-20-17-14-11-8-5-2/h7,10,13,16,19,22,27,30,48H,4-6,8-9,11-12,14-15,17-18,20-21,23-26,28-29,31-47H2,1-3H3/b10-7-,16-13-,22-19-,30-27-. The first-order chi connectivity index (χ1) is 28.0. The summed E-state index contributed by atoms with van der Waals surface area (Å²) in [7, 11) is 0. The fourth-order valence-electron chi connectivity index (χ4n) is 6.73. The zero-order valence-electron chi connectivity index (χ0n) is 37.6. The molecule has 0 rings (SSSR count). The summed E-state index contributed by atoms with van der Waals surface area (Å²) >= 11 is 0. The molecule has 0 fully saturated rings. The monoisotopic (exact) mass is 799 g/mol. The summed E-state index contributed by atoms with van der Waals surface area (Å²) < 4.78 is 16.7. The number of unbranched alkanes of at least 4 members (excludes halogenated alkanes) is 26. The van der Waals surface area contributed by atoms with E-state index in [0.717, 1.165) is 96.3 Å². The summed E-state index contributed by atoms with van der Waals surface area (Å²) in [4.78, 5) is 37.8. The van der Waals surface area contributed by atoms with Gasteiger partial charge in [0.25, 0.3) is 0 Å². The lowest BCUT2D eigenvalue weighted by Gasteiger charge is -2.18. The van der Waals surface area contributed by atoms with Gasteiger partial charge in [0.2, 0.25) is 0 Å². The molecule has 6 nitrogen and oxygen atoms in total. The predicted octanol–water partition coefficient (Wildman–Crippen LogP) is 15.5. The van der Waals surface area contributed by atoms with Crippen LogP contribution in [0.25, 0.3) is 0 Å². The minimum atomic E-state index is -0.785. The van der Waals surface area contributed by atoms with Gasteiger partial charge in [0.1, 0.15) is 13.2 Å². The Hall–Kier alpha value is -2.63. The topological polar surface area (TPSA) is 78.9 Å². The van der Waals surface area contributed by atoms with E-state index in [-0.39, 0.29) is 31.1 Å². The first-order valence-corrected chi connectivity index (χ1v) is 24.2. The molecule has 1 atom stereocenters. The van der Waals surface area contributed by atoms with Crippen molar-refractivity contribution in [3.63, 3.8) is 0 Å². The van der Waals surface area contributed by atoms with Crippen LogP contribution in [-0.4, -0.2) is 37.2 Å². The molecular weight excluding hydrogens is 709 g/mol. The van der Waals surface area contributed by atoms with E-state index >= 15 is 0 Å². The lowest BCUT2D eigenvalue weighted by molar-refractivity contribution is -0.167. The van der Waals surface area contributed by atoms with Gasteiger partial charge in [-0.1, -0.05) is 204 Å². The zero-order chi connectivity index (χ0) is 41.5. The van der Waals surface area contributed by atoms with Crippen LogP contribution in [0.3, 0.4) is 0 Å². The molecule has 0 aromatic heterocycles. The Balaban J connectivity index is 4.42. The molecule has 0 saturated heterocycles. The Bertz CT molecular complexity index is 1010. The molecule has 0 aliphatic rings. The second-order valence-corrected chi connectivity index (χ2v) is 16.1. The SMILES string of the molecule is CC\C=C/C=C\C=C/CCCCCCCC(=O)OCC(COC(=O)CCCCCCCCCCCCCCC)OC(=O)CCCCC/C=C\CCCCCCCC. The van der Waals surface area contributed by atoms with Gasteiger partial charge >= 0.3 is 17.9 Å². The zero-order valence-corrected chi connectivity index (χ0v) is 37.6. The van der Waals surface area contributed by atoms with E-state index < -0.39 is 6.10 Å². The van der Waals surface area contributed by atoms with Crippen LogP contribution in [0, 0.1) is 0 Å². The van der Waals surface area contributed by atoms with E-state index in [9.17, 15) is 14.4 Å². The lowest BCUT2D eigenvalue weighted by Crippen LogP contribution is -2.30. The van der Waals surface area contributed by atoms with Gasteiger partial charge < -0.3 is 14.2 Å². The van der Waals surface area contributed by atoms with Gasteiger partial charge in [-0.25, -0.2) is 0 Å². The molecule has 0 N–H and O–H groups in total. The molecule has 0 aromatic carbocycles. The molecule has 0 spiro atoms. The Morgan fingerprint density at radius 3 is 1.12 bits per heavy atom. The van der Waals surface area contributed by atoms with E-state index in [1.165, 1.54) is 103 Å². The first kappa shape index (κ1) is 54.4. The van der Waals surface area contributed by atoms with Crippen molar-refractivity contribution in [1.82, 2.24) is 0 Å². The van der Waals surface area contributed by atoms with E-state index in [4.69, 9.17) is 14.2 Å². The van der Waals surface area contributed by atoms with E-state index in [2.05, 4.69) is 69.4 Å². The van der Waals surface area contributed by atoms with Gasteiger partial charge in [0.15, 0.2) is 6.10 Å².